The summed E-state index contributed by atoms with van der Waals surface area (Å²) in [7, 11) is 0. The van der Waals surface area contributed by atoms with Crippen molar-refractivity contribution in [3.8, 4) is 0 Å². The van der Waals surface area contributed by atoms with E-state index < -0.39 is 0 Å². The summed E-state index contributed by atoms with van der Waals surface area (Å²) in [5.41, 5.74) is 7.27. The van der Waals surface area contributed by atoms with Gasteiger partial charge in [-0.2, -0.15) is 0 Å². The van der Waals surface area contributed by atoms with Gasteiger partial charge in [0.1, 0.15) is 0 Å². The fourth-order valence-electron chi connectivity index (χ4n) is 2.40. The Morgan fingerprint density at radius 1 is 1.23 bits per heavy atom. The van der Waals surface area contributed by atoms with Crippen LogP contribution < -0.4 is 11.1 Å². The Labute approximate surface area is 135 Å². The van der Waals surface area contributed by atoms with Gasteiger partial charge in [0.15, 0.2) is 0 Å². The van der Waals surface area contributed by atoms with Crippen molar-refractivity contribution in [1.29, 1.82) is 0 Å². The highest BCUT2D eigenvalue weighted by Gasteiger charge is 2.16. The summed E-state index contributed by atoms with van der Waals surface area (Å²) in [4.78, 5) is 12.3. The summed E-state index contributed by atoms with van der Waals surface area (Å²) in [6.07, 6.45) is 6.55. The fraction of sp³-hybridized carbons (Fsp3) is 0.526. The predicted octanol–water partition coefficient (Wildman–Crippen LogP) is 3.30. The first kappa shape index (κ1) is 18.4. The highest BCUT2D eigenvalue weighted by molar-refractivity contribution is 5.80. The molecular formula is C19H30N2O. The lowest BCUT2D eigenvalue weighted by molar-refractivity contribution is -0.123. The van der Waals surface area contributed by atoms with Gasteiger partial charge in [-0.05, 0) is 30.7 Å². The van der Waals surface area contributed by atoms with Crippen LogP contribution in [0.25, 0.3) is 0 Å². The van der Waals surface area contributed by atoms with Crippen LogP contribution in [0.15, 0.2) is 42.5 Å². The highest BCUT2D eigenvalue weighted by Crippen LogP contribution is 2.12. The van der Waals surface area contributed by atoms with Crippen molar-refractivity contribution in [1.82, 2.24) is 5.32 Å². The topological polar surface area (TPSA) is 55.1 Å². The van der Waals surface area contributed by atoms with Crippen LogP contribution in [-0.4, -0.2) is 18.5 Å². The third-order valence-corrected chi connectivity index (χ3v) is 3.52. The second kappa shape index (κ2) is 10.2. The van der Waals surface area contributed by atoms with Crippen molar-refractivity contribution in [3.05, 3.63) is 48.0 Å². The fourth-order valence-corrected chi connectivity index (χ4v) is 2.40. The van der Waals surface area contributed by atoms with Crippen molar-refractivity contribution >= 4 is 5.91 Å². The molecule has 0 bridgehead atoms. The Bertz CT molecular complexity index is 454. The molecule has 122 valence electrons. The van der Waals surface area contributed by atoms with Gasteiger partial charge in [0.25, 0.3) is 0 Å². The van der Waals surface area contributed by atoms with Crippen LogP contribution in [0, 0.1) is 11.8 Å². The summed E-state index contributed by atoms with van der Waals surface area (Å²) in [5, 5.41) is 2.99. The average molecular weight is 302 g/mol. The second-order valence-electron chi connectivity index (χ2n) is 6.27. The molecule has 3 heteroatoms. The lowest BCUT2D eigenvalue weighted by atomic mass is 9.96. The number of hydrogen-bond acceptors (Lipinski definition) is 2. The van der Waals surface area contributed by atoms with Gasteiger partial charge >= 0.3 is 0 Å². The lowest BCUT2D eigenvalue weighted by Gasteiger charge is -2.15. The van der Waals surface area contributed by atoms with E-state index in [2.05, 4.69) is 38.2 Å². The molecule has 22 heavy (non-hydrogen) atoms. The molecule has 0 aromatic heterocycles. The van der Waals surface area contributed by atoms with Gasteiger partial charge in [-0.1, -0.05) is 63.3 Å². The predicted molar refractivity (Wildman–Crippen MR) is 93.5 cm³/mol. The minimum Gasteiger partial charge on any atom is -0.356 e. The molecule has 0 spiro atoms. The standard InChI is InChI=1S/C19H30N2O/c1-4-12-21-19(22)17(10-11-18(20)13-15(2)3)14-16-8-6-5-7-9-16/h5-11,15,17-18H,4,12-14,20H2,1-3H3,(H,21,22)/b11-10+/t17-,18-/m1/s1. The maximum absolute atomic E-state index is 12.3. The molecule has 0 aliphatic heterocycles. The van der Waals surface area contributed by atoms with Gasteiger partial charge in [-0.3, -0.25) is 4.79 Å². The van der Waals surface area contributed by atoms with Gasteiger partial charge in [0.2, 0.25) is 5.91 Å². The maximum Gasteiger partial charge on any atom is 0.227 e. The SMILES string of the molecule is CCCNC(=O)[C@H](/C=C/[C@@H](N)CC(C)C)Cc1ccccc1. The number of nitrogens with one attached hydrogen (secondary N) is 1. The van der Waals surface area contributed by atoms with E-state index in [4.69, 9.17) is 5.73 Å². The minimum absolute atomic E-state index is 0.0113. The summed E-state index contributed by atoms with van der Waals surface area (Å²) < 4.78 is 0. The quantitative estimate of drug-likeness (QED) is 0.688. The molecule has 0 heterocycles. The van der Waals surface area contributed by atoms with E-state index in [0.29, 0.717) is 12.3 Å². The number of benzene rings is 1. The van der Waals surface area contributed by atoms with Gasteiger partial charge in [0.05, 0.1) is 5.92 Å². The molecule has 0 aliphatic rings. The molecule has 0 saturated heterocycles. The smallest absolute Gasteiger partial charge is 0.227 e. The van der Waals surface area contributed by atoms with Crippen molar-refractivity contribution in [2.45, 2.75) is 46.1 Å². The van der Waals surface area contributed by atoms with Gasteiger partial charge < -0.3 is 11.1 Å². The summed E-state index contributed by atoms with van der Waals surface area (Å²) in [6.45, 7) is 7.09. The average Bonchev–Trinajstić information content (AvgIpc) is 2.49. The van der Waals surface area contributed by atoms with Crippen LogP contribution in [0.3, 0.4) is 0 Å². The first-order valence-corrected chi connectivity index (χ1v) is 8.28. The van der Waals surface area contributed by atoms with Gasteiger partial charge in [0, 0.05) is 12.6 Å². The Kier molecular flexibility index (Phi) is 8.53. The minimum atomic E-state index is -0.160. The summed E-state index contributed by atoms with van der Waals surface area (Å²) in [6, 6.07) is 10.1. The number of carbonyl (C=O) groups excluding carboxylic acids is 1. The number of hydrogen-bond donors (Lipinski definition) is 2. The molecule has 2 atom stereocenters. The Hall–Kier alpha value is -1.61. The van der Waals surface area contributed by atoms with Crippen LogP contribution in [0.4, 0.5) is 0 Å². The van der Waals surface area contributed by atoms with E-state index in [1.165, 1.54) is 5.56 Å². The van der Waals surface area contributed by atoms with Crippen molar-refractivity contribution in [3.63, 3.8) is 0 Å². The van der Waals surface area contributed by atoms with Crippen LogP contribution in [0.5, 0.6) is 0 Å². The van der Waals surface area contributed by atoms with Gasteiger partial charge in [-0.25, -0.2) is 0 Å². The van der Waals surface area contributed by atoms with Crippen molar-refractivity contribution in [2.75, 3.05) is 6.54 Å². The van der Waals surface area contributed by atoms with Crippen molar-refractivity contribution < 1.29 is 4.79 Å². The molecule has 1 aromatic carbocycles. The molecule has 1 rings (SSSR count). The molecular weight excluding hydrogens is 272 g/mol. The van der Waals surface area contributed by atoms with Crippen molar-refractivity contribution in [2.24, 2.45) is 17.6 Å². The lowest BCUT2D eigenvalue weighted by Crippen LogP contribution is -2.32. The molecule has 0 fully saturated rings. The monoisotopic (exact) mass is 302 g/mol. The highest BCUT2D eigenvalue weighted by atomic mass is 16.1. The number of amides is 1. The first-order valence-electron chi connectivity index (χ1n) is 8.28. The zero-order chi connectivity index (χ0) is 16.4. The number of rotatable bonds is 9. The largest absolute Gasteiger partial charge is 0.356 e. The summed E-state index contributed by atoms with van der Waals surface area (Å²) in [5.74, 6) is 0.479. The van der Waals surface area contributed by atoms with Gasteiger partial charge in [-0.15, -0.1) is 0 Å². The molecule has 0 aliphatic carbocycles. The third kappa shape index (κ3) is 7.41. The van der Waals surface area contributed by atoms with E-state index in [1.807, 2.05) is 30.4 Å². The summed E-state index contributed by atoms with van der Waals surface area (Å²) >= 11 is 0. The van der Waals surface area contributed by atoms with Crippen LogP contribution >= 0.6 is 0 Å². The Balaban J connectivity index is 2.73. The third-order valence-electron chi connectivity index (χ3n) is 3.52. The Morgan fingerprint density at radius 2 is 1.91 bits per heavy atom. The van der Waals surface area contributed by atoms with E-state index >= 15 is 0 Å². The number of nitrogens with two attached hydrogens (primary N) is 1. The van der Waals surface area contributed by atoms with E-state index in [-0.39, 0.29) is 17.9 Å². The molecule has 0 unspecified atom stereocenters. The van der Waals surface area contributed by atoms with E-state index in [9.17, 15) is 4.79 Å². The van der Waals surface area contributed by atoms with Crippen LogP contribution in [0.2, 0.25) is 0 Å². The molecule has 1 amide bonds. The van der Waals surface area contributed by atoms with Crippen LogP contribution in [-0.2, 0) is 11.2 Å². The first-order chi connectivity index (χ1) is 10.5. The van der Waals surface area contributed by atoms with E-state index in [0.717, 1.165) is 19.4 Å². The Morgan fingerprint density at radius 3 is 2.50 bits per heavy atom. The van der Waals surface area contributed by atoms with E-state index in [1.54, 1.807) is 0 Å². The molecule has 3 nitrogen and oxygen atoms in total. The molecule has 0 saturated carbocycles. The molecule has 0 radical (unpaired) electrons. The molecule has 1 aromatic rings. The zero-order valence-corrected chi connectivity index (χ0v) is 14.1. The molecule has 3 N–H and O–H groups in total. The zero-order valence-electron chi connectivity index (χ0n) is 14.1. The number of carbonyl (C=O) groups is 1. The van der Waals surface area contributed by atoms with Crippen LogP contribution in [0.1, 0.15) is 39.2 Å². The normalized spacial score (nSPS) is 14.2. The second-order valence-corrected chi connectivity index (χ2v) is 6.27. The maximum atomic E-state index is 12.3.